The van der Waals surface area contributed by atoms with Gasteiger partial charge in [0.15, 0.2) is 6.61 Å². The van der Waals surface area contributed by atoms with E-state index < -0.39 is 16.0 Å². The van der Waals surface area contributed by atoms with Gasteiger partial charge in [-0.15, -0.1) is 11.3 Å². The lowest BCUT2D eigenvalue weighted by molar-refractivity contribution is -0.118. The third-order valence-electron chi connectivity index (χ3n) is 5.58. The van der Waals surface area contributed by atoms with Crippen molar-refractivity contribution in [1.82, 2.24) is 0 Å². The molecule has 8 nitrogen and oxygen atoms in total. The van der Waals surface area contributed by atoms with Gasteiger partial charge in [0.05, 0.1) is 17.7 Å². The number of aryl methyl sites for hydroxylation is 1. The van der Waals surface area contributed by atoms with Crippen LogP contribution in [-0.2, 0) is 19.6 Å². The van der Waals surface area contributed by atoms with Crippen molar-refractivity contribution >= 4 is 54.7 Å². The zero-order valence-electron chi connectivity index (χ0n) is 20.6. The minimum absolute atomic E-state index is 0.221. The van der Waals surface area contributed by atoms with Gasteiger partial charge < -0.3 is 14.8 Å². The number of sulfonamides is 1. The molecule has 0 aliphatic carbocycles. The minimum Gasteiger partial charge on any atom is -0.484 e. The summed E-state index contributed by atoms with van der Waals surface area (Å²) in [6.45, 7) is 3.70. The molecular formula is C27H26N2O6S2. The average Bonchev–Trinajstić information content (AvgIpc) is 3.32. The van der Waals surface area contributed by atoms with Gasteiger partial charge in [-0.2, -0.15) is 0 Å². The number of fused-ring (bicyclic) bond motifs is 1. The molecule has 0 fully saturated rings. The first-order chi connectivity index (χ1) is 17.7. The molecule has 10 heteroatoms. The maximum atomic E-state index is 13.1. The maximum absolute atomic E-state index is 13.1. The summed E-state index contributed by atoms with van der Waals surface area (Å²) in [5.41, 5.74) is 2.05. The molecule has 0 bridgehead atoms. The molecule has 0 aliphatic rings. The molecule has 4 aromatic rings. The Balaban J connectivity index is 1.38. The Morgan fingerprint density at radius 3 is 2.32 bits per heavy atom. The predicted molar refractivity (Wildman–Crippen MR) is 145 cm³/mol. The number of methoxy groups -OCH3 is 1. The fraction of sp³-hybridized carbons (Fsp3) is 0.185. The molecule has 0 saturated heterocycles. The molecule has 4 rings (SSSR count). The highest BCUT2D eigenvalue weighted by Crippen LogP contribution is 2.29. The van der Waals surface area contributed by atoms with Crippen LogP contribution >= 0.6 is 11.3 Å². The summed E-state index contributed by atoms with van der Waals surface area (Å²) < 4.78 is 38.8. The second kappa shape index (κ2) is 11.0. The summed E-state index contributed by atoms with van der Waals surface area (Å²) in [6, 6.07) is 20.3. The third-order valence-corrected chi connectivity index (χ3v) is 8.59. The number of anilines is 2. The summed E-state index contributed by atoms with van der Waals surface area (Å²) in [5.74, 6) is -0.330. The Morgan fingerprint density at radius 1 is 0.973 bits per heavy atom. The molecule has 0 radical (unpaired) electrons. The number of hydrogen-bond acceptors (Lipinski definition) is 7. The first kappa shape index (κ1) is 26.2. The van der Waals surface area contributed by atoms with Crippen molar-refractivity contribution in [2.75, 3.05) is 29.9 Å². The van der Waals surface area contributed by atoms with E-state index in [0.29, 0.717) is 22.0 Å². The number of hydrogen-bond donors (Lipinski definition) is 1. The van der Waals surface area contributed by atoms with E-state index in [1.54, 1.807) is 73.7 Å². The normalized spacial score (nSPS) is 11.2. The van der Waals surface area contributed by atoms with Crippen LogP contribution in [0.1, 0.15) is 22.2 Å². The molecule has 0 atom stereocenters. The number of rotatable bonds is 9. The number of amides is 1. The van der Waals surface area contributed by atoms with E-state index in [-0.39, 0.29) is 24.0 Å². The van der Waals surface area contributed by atoms with Gasteiger partial charge in [-0.25, -0.2) is 13.2 Å². The van der Waals surface area contributed by atoms with E-state index >= 15 is 0 Å². The standard InChI is InChI=1S/C27H26N2O6S2/c1-4-29(37(32,33)23-12-5-18(2)6-13-23)21-8-10-22(11-9-21)35-17-26(30)28-20-7-14-24-19(15-20)16-25(36-24)27(31)34-3/h5-16H,4,17H2,1-3H3,(H,28,30). The highest BCUT2D eigenvalue weighted by atomic mass is 32.2. The number of thiophene rings is 1. The number of ether oxygens (including phenoxy) is 2. The fourth-order valence-corrected chi connectivity index (χ4v) is 6.14. The first-order valence-corrected chi connectivity index (χ1v) is 13.7. The van der Waals surface area contributed by atoms with Gasteiger partial charge in [-0.05, 0) is 79.9 Å². The Morgan fingerprint density at radius 2 is 1.68 bits per heavy atom. The molecule has 1 amide bonds. The summed E-state index contributed by atoms with van der Waals surface area (Å²) in [4.78, 5) is 24.9. The third kappa shape index (κ3) is 5.92. The monoisotopic (exact) mass is 538 g/mol. The number of nitrogens with zero attached hydrogens (tertiary/aromatic N) is 1. The van der Waals surface area contributed by atoms with E-state index in [9.17, 15) is 18.0 Å². The lowest BCUT2D eigenvalue weighted by Gasteiger charge is -2.23. The molecule has 1 aromatic heterocycles. The Labute approximate surface area is 219 Å². The molecule has 1 heterocycles. The van der Waals surface area contributed by atoms with Crippen LogP contribution in [0.25, 0.3) is 10.1 Å². The topological polar surface area (TPSA) is 102 Å². The Hall–Kier alpha value is -3.89. The van der Waals surface area contributed by atoms with Crippen LogP contribution in [0.5, 0.6) is 5.75 Å². The minimum atomic E-state index is -3.71. The number of benzene rings is 3. The van der Waals surface area contributed by atoms with E-state index in [1.807, 2.05) is 13.0 Å². The summed E-state index contributed by atoms with van der Waals surface area (Å²) in [7, 11) is -2.38. The van der Waals surface area contributed by atoms with E-state index in [1.165, 1.54) is 22.8 Å². The van der Waals surface area contributed by atoms with Crippen molar-refractivity contribution < 1.29 is 27.5 Å². The van der Waals surface area contributed by atoms with Gasteiger partial charge in [0.1, 0.15) is 10.6 Å². The number of esters is 1. The van der Waals surface area contributed by atoms with Gasteiger partial charge in [0.25, 0.3) is 15.9 Å². The molecule has 0 unspecified atom stereocenters. The summed E-state index contributed by atoms with van der Waals surface area (Å²) in [5, 5.41) is 3.59. The van der Waals surface area contributed by atoms with Crippen molar-refractivity contribution in [3.63, 3.8) is 0 Å². The largest absolute Gasteiger partial charge is 0.484 e. The highest BCUT2D eigenvalue weighted by Gasteiger charge is 2.23. The van der Waals surface area contributed by atoms with Crippen LogP contribution < -0.4 is 14.4 Å². The van der Waals surface area contributed by atoms with Crippen LogP contribution in [0.15, 0.2) is 77.7 Å². The molecular weight excluding hydrogens is 512 g/mol. The summed E-state index contributed by atoms with van der Waals surface area (Å²) >= 11 is 1.32. The van der Waals surface area contributed by atoms with Crippen LogP contribution in [0.2, 0.25) is 0 Å². The molecule has 0 saturated carbocycles. The molecule has 192 valence electrons. The van der Waals surface area contributed by atoms with E-state index in [4.69, 9.17) is 9.47 Å². The lowest BCUT2D eigenvalue weighted by Crippen LogP contribution is -2.30. The SMILES string of the molecule is CCN(c1ccc(OCC(=O)Nc2ccc3sc(C(=O)OC)cc3c2)cc1)S(=O)(=O)c1ccc(C)cc1. The van der Waals surface area contributed by atoms with Crippen LogP contribution in [-0.4, -0.2) is 40.6 Å². The smallest absolute Gasteiger partial charge is 0.348 e. The lowest BCUT2D eigenvalue weighted by atomic mass is 10.2. The van der Waals surface area contributed by atoms with Gasteiger partial charge in [0, 0.05) is 16.9 Å². The zero-order valence-corrected chi connectivity index (χ0v) is 22.2. The van der Waals surface area contributed by atoms with Gasteiger partial charge in [-0.3, -0.25) is 9.10 Å². The Bertz CT molecular complexity index is 1530. The van der Waals surface area contributed by atoms with Crippen LogP contribution in [0, 0.1) is 6.92 Å². The van der Waals surface area contributed by atoms with Crippen LogP contribution in [0.3, 0.4) is 0 Å². The fourth-order valence-electron chi connectivity index (χ4n) is 3.71. The Kier molecular flexibility index (Phi) is 7.80. The average molecular weight is 539 g/mol. The zero-order chi connectivity index (χ0) is 26.6. The van der Waals surface area contributed by atoms with Crippen molar-refractivity contribution in [2.45, 2.75) is 18.7 Å². The number of carbonyl (C=O) groups is 2. The molecule has 1 N–H and O–H groups in total. The molecule has 0 aliphatic heterocycles. The van der Waals surface area contributed by atoms with Crippen molar-refractivity contribution in [1.29, 1.82) is 0 Å². The van der Waals surface area contributed by atoms with Crippen molar-refractivity contribution in [3.8, 4) is 5.75 Å². The van der Waals surface area contributed by atoms with Crippen molar-refractivity contribution in [2.24, 2.45) is 0 Å². The molecule has 3 aromatic carbocycles. The maximum Gasteiger partial charge on any atom is 0.348 e. The quantitative estimate of drug-likeness (QED) is 0.293. The predicted octanol–water partition coefficient (Wildman–Crippen LogP) is 5.23. The number of carbonyl (C=O) groups excluding carboxylic acids is 2. The van der Waals surface area contributed by atoms with Crippen molar-refractivity contribution in [3.05, 3.63) is 83.2 Å². The van der Waals surface area contributed by atoms with Crippen LogP contribution in [0.4, 0.5) is 11.4 Å². The van der Waals surface area contributed by atoms with Gasteiger partial charge in [-0.1, -0.05) is 17.7 Å². The molecule has 0 spiro atoms. The first-order valence-electron chi connectivity index (χ1n) is 11.5. The second-order valence-electron chi connectivity index (χ2n) is 8.17. The highest BCUT2D eigenvalue weighted by molar-refractivity contribution is 7.92. The van der Waals surface area contributed by atoms with Gasteiger partial charge in [0.2, 0.25) is 0 Å². The van der Waals surface area contributed by atoms with Gasteiger partial charge >= 0.3 is 5.97 Å². The second-order valence-corrected chi connectivity index (χ2v) is 11.1. The number of nitrogens with one attached hydrogen (secondary N) is 1. The molecule has 37 heavy (non-hydrogen) atoms. The van der Waals surface area contributed by atoms with E-state index in [2.05, 4.69) is 5.32 Å². The van der Waals surface area contributed by atoms with E-state index in [0.717, 1.165) is 15.6 Å². The summed E-state index contributed by atoms with van der Waals surface area (Å²) in [6.07, 6.45) is 0.